The molecule has 0 aromatic heterocycles. The van der Waals surface area contributed by atoms with E-state index in [9.17, 15) is 0 Å². The molecule has 0 amide bonds. The number of rotatable bonds is 3. The lowest BCUT2D eigenvalue weighted by molar-refractivity contribution is 0.572. The minimum Gasteiger partial charge on any atom is -0.361 e. The molecule has 1 aliphatic rings. The summed E-state index contributed by atoms with van der Waals surface area (Å²) in [5.74, 6) is 0.966. The summed E-state index contributed by atoms with van der Waals surface area (Å²) in [7, 11) is 0. The van der Waals surface area contributed by atoms with E-state index >= 15 is 0 Å². The van der Waals surface area contributed by atoms with Crippen LogP contribution in [0.5, 0.6) is 0 Å². The Balaban J connectivity index is 1.75. The molecule has 4 rings (SSSR count). The monoisotopic (exact) mass is 298 g/mol. The zero-order valence-electron chi connectivity index (χ0n) is 12.8. The van der Waals surface area contributed by atoms with E-state index in [1.54, 1.807) is 0 Å². The molecule has 2 nitrogen and oxygen atoms in total. The van der Waals surface area contributed by atoms with Crippen LogP contribution in [0.3, 0.4) is 0 Å². The predicted octanol–water partition coefficient (Wildman–Crippen LogP) is 4.52. The molecule has 0 spiro atoms. The van der Waals surface area contributed by atoms with Gasteiger partial charge in [0.1, 0.15) is 11.9 Å². The van der Waals surface area contributed by atoms with E-state index in [1.807, 2.05) is 24.3 Å². The largest absolute Gasteiger partial charge is 0.361 e. The molecule has 0 saturated heterocycles. The lowest BCUT2D eigenvalue weighted by Gasteiger charge is -2.19. The third-order valence-electron chi connectivity index (χ3n) is 4.22. The molecule has 23 heavy (non-hydrogen) atoms. The van der Waals surface area contributed by atoms with Crippen molar-refractivity contribution in [3.63, 3.8) is 0 Å². The van der Waals surface area contributed by atoms with E-state index in [2.05, 4.69) is 72.0 Å². The van der Waals surface area contributed by atoms with Crippen LogP contribution in [0, 0.1) is 0 Å². The van der Waals surface area contributed by atoms with Crippen molar-refractivity contribution in [1.29, 1.82) is 0 Å². The van der Waals surface area contributed by atoms with Crippen LogP contribution in [-0.4, -0.2) is 5.84 Å². The van der Waals surface area contributed by atoms with Crippen molar-refractivity contribution in [2.75, 3.05) is 0 Å². The third-order valence-corrected chi connectivity index (χ3v) is 4.22. The highest BCUT2D eigenvalue weighted by atomic mass is 15.1. The number of aliphatic imine (C=N–C) groups is 1. The number of nitrogens with zero attached hydrogens (tertiary/aromatic N) is 1. The first kappa shape index (κ1) is 13.8. The highest BCUT2D eigenvalue weighted by Gasteiger charge is 2.31. The second-order valence-corrected chi connectivity index (χ2v) is 5.73. The van der Waals surface area contributed by atoms with Gasteiger partial charge in [-0.25, -0.2) is 0 Å². The minimum atomic E-state index is 0.0915. The molecule has 0 unspecified atom stereocenters. The predicted molar refractivity (Wildman–Crippen MR) is 94.5 cm³/mol. The first-order valence-electron chi connectivity index (χ1n) is 7.91. The molecule has 2 atom stereocenters. The Morgan fingerprint density at radius 1 is 0.609 bits per heavy atom. The zero-order chi connectivity index (χ0) is 15.5. The van der Waals surface area contributed by atoms with Gasteiger partial charge in [0.15, 0.2) is 0 Å². The highest BCUT2D eigenvalue weighted by Crippen LogP contribution is 2.36. The van der Waals surface area contributed by atoms with Crippen LogP contribution >= 0.6 is 0 Å². The van der Waals surface area contributed by atoms with E-state index in [4.69, 9.17) is 4.99 Å². The summed E-state index contributed by atoms with van der Waals surface area (Å²) in [4.78, 5) is 4.99. The summed E-state index contributed by atoms with van der Waals surface area (Å²) in [5, 5.41) is 3.62. The van der Waals surface area contributed by atoms with Gasteiger partial charge in [-0.15, -0.1) is 0 Å². The summed E-state index contributed by atoms with van der Waals surface area (Å²) < 4.78 is 0. The molecule has 0 aliphatic carbocycles. The zero-order valence-corrected chi connectivity index (χ0v) is 12.8. The van der Waals surface area contributed by atoms with Crippen LogP contribution in [0.4, 0.5) is 0 Å². The number of amidine groups is 1. The lowest BCUT2D eigenvalue weighted by atomic mass is 9.95. The molecule has 0 saturated carbocycles. The first-order valence-corrected chi connectivity index (χ1v) is 7.91. The molecule has 1 N–H and O–H groups in total. The van der Waals surface area contributed by atoms with Crippen molar-refractivity contribution in [2.45, 2.75) is 12.1 Å². The Kier molecular flexibility index (Phi) is 3.65. The third kappa shape index (κ3) is 2.76. The Morgan fingerprint density at radius 3 is 1.74 bits per heavy atom. The molecule has 3 aromatic rings. The first-order chi connectivity index (χ1) is 11.4. The minimum absolute atomic E-state index is 0.0915. The molecule has 1 heterocycles. The Bertz CT molecular complexity index is 795. The van der Waals surface area contributed by atoms with Gasteiger partial charge in [-0.3, -0.25) is 4.99 Å². The number of hydrogen-bond donors (Lipinski definition) is 1. The van der Waals surface area contributed by atoms with Crippen molar-refractivity contribution in [1.82, 2.24) is 5.32 Å². The van der Waals surface area contributed by atoms with Crippen LogP contribution in [0.15, 0.2) is 96.0 Å². The SMILES string of the molecule is c1ccc(C2=N[C@@H](c3ccccc3)[C@@H](c3ccccc3)N2)cc1. The van der Waals surface area contributed by atoms with Gasteiger partial charge in [-0.05, 0) is 11.1 Å². The molecule has 0 bridgehead atoms. The molecular formula is C21H18N2. The second kappa shape index (κ2) is 6.09. The van der Waals surface area contributed by atoms with Crippen LogP contribution in [-0.2, 0) is 0 Å². The van der Waals surface area contributed by atoms with E-state index in [0.717, 1.165) is 11.4 Å². The highest BCUT2D eigenvalue weighted by molar-refractivity contribution is 6.00. The number of benzene rings is 3. The molecule has 1 aliphatic heterocycles. The van der Waals surface area contributed by atoms with Gasteiger partial charge in [0.05, 0.1) is 6.04 Å². The fraction of sp³-hybridized carbons (Fsp3) is 0.0952. The lowest BCUT2D eigenvalue weighted by Crippen LogP contribution is -2.24. The smallest absolute Gasteiger partial charge is 0.129 e. The van der Waals surface area contributed by atoms with E-state index in [-0.39, 0.29) is 12.1 Å². The molecule has 0 radical (unpaired) electrons. The molecule has 2 heteroatoms. The van der Waals surface area contributed by atoms with Crippen LogP contribution in [0.25, 0.3) is 0 Å². The second-order valence-electron chi connectivity index (χ2n) is 5.73. The summed E-state index contributed by atoms with van der Waals surface area (Å²) in [6, 6.07) is 31.6. The number of nitrogens with one attached hydrogen (secondary N) is 1. The summed E-state index contributed by atoms with van der Waals surface area (Å²) in [5.41, 5.74) is 3.63. The topological polar surface area (TPSA) is 24.4 Å². The van der Waals surface area contributed by atoms with Crippen molar-refractivity contribution in [3.8, 4) is 0 Å². The van der Waals surface area contributed by atoms with Crippen LogP contribution in [0.2, 0.25) is 0 Å². The van der Waals surface area contributed by atoms with Gasteiger partial charge >= 0.3 is 0 Å². The van der Waals surface area contributed by atoms with Gasteiger partial charge in [-0.2, -0.15) is 0 Å². The Labute approximate surface area is 136 Å². The van der Waals surface area contributed by atoms with Gasteiger partial charge in [-0.1, -0.05) is 91.0 Å². The fourth-order valence-corrected chi connectivity index (χ4v) is 3.07. The maximum Gasteiger partial charge on any atom is 0.129 e. The summed E-state index contributed by atoms with van der Waals surface area (Å²) >= 11 is 0. The Morgan fingerprint density at radius 2 is 1.13 bits per heavy atom. The Hall–Kier alpha value is -2.87. The normalized spacial score (nSPS) is 19.9. The average Bonchev–Trinajstić information content (AvgIpc) is 3.09. The van der Waals surface area contributed by atoms with Crippen molar-refractivity contribution >= 4 is 5.84 Å². The standard InChI is InChI=1S/C21H18N2/c1-4-10-16(11-5-1)19-20(17-12-6-2-7-13-17)23-21(22-19)18-14-8-3-9-15-18/h1-15,19-20H,(H,22,23)/t19-,20+. The van der Waals surface area contributed by atoms with E-state index in [0.29, 0.717) is 0 Å². The maximum atomic E-state index is 4.99. The molecule has 0 fully saturated rings. The summed E-state index contributed by atoms with van der Waals surface area (Å²) in [6.45, 7) is 0. The van der Waals surface area contributed by atoms with Gasteiger partial charge in [0.25, 0.3) is 0 Å². The van der Waals surface area contributed by atoms with Gasteiger partial charge in [0, 0.05) is 5.56 Å². The van der Waals surface area contributed by atoms with Crippen molar-refractivity contribution in [3.05, 3.63) is 108 Å². The summed E-state index contributed by atoms with van der Waals surface area (Å²) in [6.07, 6.45) is 0. The van der Waals surface area contributed by atoms with Gasteiger partial charge < -0.3 is 5.32 Å². The molecule has 3 aromatic carbocycles. The van der Waals surface area contributed by atoms with Crippen LogP contribution in [0.1, 0.15) is 28.8 Å². The van der Waals surface area contributed by atoms with Gasteiger partial charge in [0.2, 0.25) is 0 Å². The van der Waals surface area contributed by atoms with E-state index < -0.39 is 0 Å². The van der Waals surface area contributed by atoms with Crippen molar-refractivity contribution < 1.29 is 0 Å². The van der Waals surface area contributed by atoms with E-state index in [1.165, 1.54) is 11.1 Å². The average molecular weight is 298 g/mol. The number of hydrogen-bond acceptors (Lipinski definition) is 2. The molecule has 112 valence electrons. The molecular weight excluding hydrogens is 280 g/mol. The van der Waals surface area contributed by atoms with Crippen LogP contribution < -0.4 is 5.32 Å². The maximum absolute atomic E-state index is 4.99. The quantitative estimate of drug-likeness (QED) is 0.755. The fourth-order valence-electron chi connectivity index (χ4n) is 3.07. The van der Waals surface area contributed by atoms with Crippen molar-refractivity contribution in [2.24, 2.45) is 4.99 Å².